The molecule has 16 heavy (non-hydrogen) atoms. The topological polar surface area (TPSA) is 40.9 Å². The van der Waals surface area contributed by atoms with Gasteiger partial charge in [0.05, 0.1) is 17.2 Å². The molecule has 1 saturated carbocycles. The highest BCUT2D eigenvalue weighted by Gasteiger charge is 2.35. The van der Waals surface area contributed by atoms with Crippen molar-refractivity contribution in [1.29, 1.82) is 5.26 Å². The van der Waals surface area contributed by atoms with Gasteiger partial charge in [-0.1, -0.05) is 27.7 Å². The first-order valence-electron chi connectivity index (χ1n) is 6.26. The third-order valence-electron chi connectivity index (χ3n) is 3.82. The summed E-state index contributed by atoms with van der Waals surface area (Å²) in [5, 5.41) is 9.44. The Balaban J connectivity index is 2.75. The van der Waals surface area contributed by atoms with Crippen LogP contribution in [0.4, 0.5) is 0 Å². The summed E-state index contributed by atoms with van der Waals surface area (Å²) in [5.74, 6) is 1.06. The van der Waals surface area contributed by atoms with Gasteiger partial charge in [-0.05, 0) is 31.1 Å². The molecule has 92 valence electrons. The van der Waals surface area contributed by atoms with Gasteiger partial charge in [0.1, 0.15) is 0 Å². The monoisotopic (exact) mass is 241 g/mol. The molecule has 3 heteroatoms. The molecule has 0 aromatic rings. The van der Waals surface area contributed by atoms with E-state index in [9.17, 15) is 4.21 Å². The van der Waals surface area contributed by atoms with Crippen molar-refractivity contribution >= 4 is 10.8 Å². The van der Waals surface area contributed by atoms with Crippen LogP contribution in [0.25, 0.3) is 0 Å². The van der Waals surface area contributed by atoms with Gasteiger partial charge in [-0.25, -0.2) is 0 Å². The standard InChI is InChI=1S/C13H23NOS/c1-9(2)11(4)16(15)13-7-10(3)5-6-12(13)8-14/h9-13H,5-7H2,1-4H3. The summed E-state index contributed by atoms with van der Waals surface area (Å²) in [6.07, 6.45) is 3.00. The van der Waals surface area contributed by atoms with Crippen LogP contribution < -0.4 is 0 Å². The van der Waals surface area contributed by atoms with Crippen LogP contribution in [0.1, 0.15) is 47.0 Å². The van der Waals surface area contributed by atoms with Crippen LogP contribution in [0.5, 0.6) is 0 Å². The number of rotatable bonds is 3. The maximum atomic E-state index is 12.4. The van der Waals surface area contributed by atoms with Gasteiger partial charge in [-0.2, -0.15) is 5.26 Å². The molecule has 0 heterocycles. The molecule has 0 aliphatic heterocycles. The fourth-order valence-corrected chi connectivity index (χ4v) is 4.40. The molecule has 0 saturated heterocycles. The van der Waals surface area contributed by atoms with Gasteiger partial charge in [0, 0.05) is 16.0 Å². The van der Waals surface area contributed by atoms with Gasteiger partial charge in [0.2, 0.25) is 0 Å². The lowest BCUT2D eigenvalue weighted by Crippen LogP contribution is -2.37. The van der Waals surface area contributed by atoms with Crippen molar-refractivity contribution in [3.63, 3.8) is 0 Å². The first-order valence-corrected chi connectivity index (χ1v) is 7.54. The van der Waals surface area contributed by atoms with Gasteiger partial charge < -0.3 is 0 Å². The molecule has 5 atom stereocenters. The van der Waals surface area contributed by atoms with Crippen molar-refractivity contribution in [2.75, 3.05) is 0 Å². The number of nitrogens with zero attached hydrogens (tertiary/aromatic N) is 1. The van der Waals surface area contributed by atoms with Crippen molar-refractivity contribution < 1.29 is 4.21 Å². The van der Waals surface area contributed by atoms with Crippen molar-refractivity contribution in [2.24, 2.45) is 17.8 Å². The van der Waals surface area contributed by atoms with E-state index >= 15 is 0 Å². The summed E-state index contributed by atoms with van der Waals surface area (Å²) in [6, 6.07) is 2.36. The van der Waals surface area contributed by atoms with Gasteiger partial charge in [0.15, 0.2) is 0 Å². The third kappa shape index (κ3) is 3.07. The second kappa shape index (κ2) is 5.82. The fourth-order valence-electron chi connectivity index (χ4n) is 2.28. The van der Waals surface area contributed by atoms with E-state index in [1.165, 1.54) is 0 Å². The molecule has 1 fully saturated rings. The van der Waals surface area contributed by atoms with Crippen LogP contribution in [0.2, 0.25) is 0 Å². The Morgan fingerprint density at radius 2 is 1.94 bits per heavy atom. The zero-order valence-corrected chi connectivity index (χ0v) is 11.6. The first-order chi connectivity index (χ1) is 7.47. The zero-order chi connectivity index (χ0) is 12.3. The molecule has 2 nitrogen and oxygen atoms in total. The smallest absolute Gasteiger partial charge is 0.0668 e. The molecule has 0 spiro atoms. The van der Waals surface area contributed by atoms with Crippen LogP contribution >= 0.6 is 0 Å². The second-order valence-corrected chi connectivity index (χ2v) is 7.48. The fraction of sp³-hybridized carbons (Fsp3) is 0.923. The SMILES string of the molecule is CC1CCC(C#N)C(S(=O)C(C)C(C)C)C1. The normalized spacial score (nSPS) is 34.4. The van der Waals surface area contributed by atoms with E-state index in [-0.39, 0.29) is 16.4 Å². The lowest BCUT2D eigenvalue weighted by atomic mass is 9.83. The van der Waals surface area contributed by atoms with Crippen molar-refractivity contribution in [3.8, 4) is 6.07 Å². The molecule has 1 rings (SSSR count). The molecule has 0 radical (unpaired) electrons. The Morgan fingerprint density at radius 1 is 1.31 bits per heavy atom. The van der Waals surface area contributed by atoms with Crippen molar-refractivity contribution in [2.45, 2.75) is 57.5 Å². The quantitative estimate of drug-likeness (QED) is 0.761. The van der Waals surface area contributed by atoms with Gasteiger partial charge in [0.25, 0.3) is 0 Å². The highest BCUT2D eigenvalue weighted by molar-refractivity contribution is 7.86. The Bertz CT molecular complexity index is 295. The third-order valence-corrected chi connectivity index (χ3v) is 6.22. The Kier molecular flexibility index (Phi) is 4.98. The zero-order valence-electron chi connectivity index (χ0n) is 10.8. The molecule has 5 unspecified atom stereocenters. The van der Waals surface area contributed by atoms with E-state index in [2.05, 4.69) is 33.8 Å². The summed E-state index contributed by atoms with van der Waals surface area (Å²) < 4.78 is 12.4. The van der Waals surface area contributed by atoms with E-state index in [4.69, 9.17) is 5.26 Å². The first kappa shape index (κ1) is 13.7. The maximum Gasteiger partial charge on any atom is 0.0668 e. The Morgan fingerprint density at radius 3 is 2.44 bits per heavy atom. The summed E-state index contributed by atoms with van der Waals surface area (Å²) in [5.41, 5.74) is 0. The van der Waals surface area contributed by atoms with Gasteiger partial charge in [-0.15, -0.1) is 0 Å². The van der Waals surface area contributed by atoms with Crippen molar-refractivity contribution in [3.05, 3.63) is 0 Å². The lowest BCUT2D eigenvalue weighted by Gasteiger charge is -2.32. The van der Waals surface area contributed by atoms with E-state index in [1.807, 2.05) is 0 Å². The van der Waals surface area contributed by atoms with Crippen LogP contribution in [0.15, 0.2) is 0 Å². The van der Waals surface area contributed by atoms with Crippen LogP contribution in [0, 0.1) is 29.1 Å². The predicted octanol–water partition coefficient (Wildman–Crippen LogP) is 3.11. The largest absolute Gasteiger partial charge is 0.259 e. The summed E-state index contributed by atoms with van der Waals surface area (Å²) >= 11 is 0. The van der Waals surface area contributed by atoms with Crippen LogP contribution in [-0.2, 0) is 10.8 Å². The predicted molar refractivity (Wildman–Crippen MR) is 68.3 cm³/mol. The second-order valence-electron chi connectivity index (χ2n) is 5.47. The van der Waals surface area contributed by atoms with E-state index in [0.29, 0.717) is 11.8 Å². The molecule has 0 aromatic heterocycles. The van der Waals surface area contributed by atoms with E-state index in [1.54, 1.807) is 0 Å². The molecule has 1 aliphatic rings. The summed E-state index contributed by atoms with van der Waals surface area (Å²) in [6.45, 7) is 8.47. The molecule has 0 bridgehead atoms. The van der Waals surface area contributed by atoms with E-state index in [0.717, 1.165) is 19.3 Å². The van der Waals surface area contributed by atoms with Crippen LogP contribution in [0.3, 0.4) is 0 Å². The van der Waals surface area contributed by atoms with Gasteiger partial charge in [-0.3, -0.25) is 4.21 Å². The van der Waals surface area contributed by atoms with Gasteiger partial charge >= 0.3 is 0 Å². The lowest BCUT2D eigenvalue weighted by molar-refractivity contribution is 0.339. The molecule has 1 aliphatic carbocycles. The minimum atomic E-state index is -0.854. The summed E-state index contributed by atoms with van der Waals surface area (Å²) in [7, 11) is -0.854. The highest BCUT2D eigenvalue weighted by atomic mass is 32.2. The molecule has 0 N–H and O–H groups in total. The van der Waals surface area contributed by atoms with E-state index < -0.39 is 10.8 Å². The number of hydrogen-bond donors (Lipinski definition) is 0. The maximum absolute atomic E-state index is 12.4. The number of hydrogen-bond acceptors (Lipinski definition) is 2. The molecule has 0 amide bonds. The average Bonchev–Trinajstić information content (AvgIpc) is 2.26. The minimum absolute atomic E-state index is 0.0123. The number of nitriles is 1. The summed E-state index contributed by atoms with van der Waals surface area (Å²) in [4.78, 5) is 0. The average molecular weight is 241 g/mol. The Hall–Kier alpha value is -0.360. The van der Waals surface area contributed by atoms with Crippen LogP contribution in [-0.4, -0.2) is 14.7 Å². The highest BCUT2D eigenvalue weighted by Crippen LogP contribution is 2.33. The van der Waals surface area contributed by atoms with Crippen molar-refractivity contribution in [1.82, 2.24) is 0 Å². The molecular formula is C13H23NOS. The Labute approximate surface area is 102 Å². The minimum Gasteiger partial charge on any atom is -0.259 e. The molecular weight excluding hydrogens is 218 g/mol. The molecule has 0 aromatic carbocycles.